The highest BCUT2D eigenvalue weighted by molar-refractivity contribution is 5.45. The van der Waals surface area contributed by atoms with Gasteiger partial charge in [-0.25, -0.2) is 0 Å². The minimum absolute atomic E-state index is 0.00793. The van der Waals surface area contributed by atoms with Gasteiger partial charge in [0.1, 0.15) is 0 Å². The van der Waals surface area contributed by atoms with E-state index >= 15 is 0 Å². The molecule has 1 heterocycles. The molecule has 2 fully saturated rings. The molecule has 162 valence electrons. The molecular weight excluding hydrogens is 372 g/mol. The van der Waals surface area contributed by atoms with Gasteiger partial charge in [-0.3, -0.25) is 4.90 Å². The zero-order valence-corrected chi connectivity index (χ0v) is 18.6. The lowest BCUT2D eigenvalue weighted by atomic mass is 9.71. The lowest BCUT2D eigenvalue weighted by Gasteiger charge is -2.35. The van der Waals surface area contributed by atoms with Gasteiger partial charge in [-0.1, -0.05) is 43.3 Å². The fraction of sp³-hybridized carbons (Fsp3) is 0.538. The number of rotatable bonds is 7. The molecule has 0 aromatic heterocycles. The lowest BCUT2D eigenvalue weighted by molar-refractivity contribution is 0.199. The van der Waals surface area contributed by atoms with Crippen LogP contribution in [0.2, 0.25) is 0 Å². The molecular formula is C26H36N2O2. The Hall–Kier alpha value is -2.04. The molecule has 1 aliphatic heterocycles. The summed E-state index contributed by atoms with van der Waals surface area (Å²) in [6.07, 6.45) is 5.10. The quantitative estimate of drug-likeness (QED) is 0.703. The van der Waals surface area contributed by atoms with Gasteiger partial charge in [0.05, 0.1) is 13.2 Å². The molecule has 2 N–H and O–H groups in total. The van der Waals surface area contributed by atoms with Crippen LogP contribution in [0.25, 0.3) is 0 Å². The third kappa shape index (κ3) is 4.35. The minimum Gasteiger partial charge on any atom is -0.493 e. The first-order valence-electron chi connectivity index (χ1n) is 11.4. The van der Waals surface area contributed by atoms with Crippen LogP contribution < -0.4 is 15.2 Å². The first-order valence-corrected chi connectivity index (χ1v) is 11.4. The Kier molecular flexibility index (Phi) is 6.35. The maximum absolute atomic E-state index is 6.56. The van der Waals surface area contributed by atoms with Crippen LogP contribution in [0.3, 0.4) is 0 Å². The average molecular weight is 409 g/mol. The molecule has 2 aliphatic rings. The van der Waals surface area contributed by atoms with E-state index in [9.17, 15) is 0 Å². The smallest absolute Gasteiger partial charge is 0.161 e. The molecule has 0 spiro atoms. The summed E-state index contributed by atoms with van der Waals surface area (Å²) < 4.78 is 12.0. The molecule has 4 heteroatoms. The van der Waals surface area contributed by atoms with E-state index in [0.717, 1.165) is 44.0 Å². The molecule has 1 saturated carbocycles. The Bertz CT molecular complexity index is 832. The van der Waals surface area contributed by atoms with Crippen molar-refractivity contribution < 1.29 is 9.47 Å². The summed E-state index contributed by atoms with van der Waals surface area (Å²) in [6, 6.07) is 17.3. The molecule has 3 unspecified atom stereocenters. The van der Waals surface area contributed by atoms with Gasteiger partial charge < -0.3 is 15.2 Å². The number of ether oxygens (including phenoxy) is 2. The van der Waals surface area contributed by atoms with Crippen molar-refractivity contribution in [3.63, 3.8) is 0 Å². The normalized spacial score (nSPS) is 26.1. The Labute approximate surface area is 181 Å². The Morgan fingerprint density at radius 3 is 2.50 bits per heavy atom. The average Bonchev–Trinajstić information content (AvgIpc) is 3.37. The number of hydrogen-bond acceptors (Lipinski definition) is 4. The first-order chi connectivity index (χ1) is 14.5. The van der Waals surface area contributed by atoms with Gasteiger partial charge in [0, 0.05) is 37.0 Å². The number of nitrogens with two attached hydrogens (primary N) is 1. The van der Waals surface area contributed by atoms with Crippen LogP contribution in [0.5, 0.6) is 11.5 Å². The van der Waals surface area contributed by atoms with E-state index < -0.39 is 0 Å². The van der Waals surface area contributed by atoms with Crippen LogP contribution >= 0.6 is 0 Å². The van der Waals surface area contributed by atoms with E-state index in [1.165, 1.54) is 24.0 Å². The van der Waals surface area contributed by atoms with E-state index in [-0.39, 0.29) is 11.5 Å². The van der Waals surface area contributed by atoms with Crippen molar-refractivity contribution in [2.45, 2.75) is 64.1 Å². The van der Waals surface area contributed by atoms with E-state index in [2.05, 4.69) is 67.3 Å². The van der Waals surface area contributed by atoms with Crippen molar-refractivity contribution in [3.8, 4) is 11.5 Å². The predicted molar refractivity (Wildman–Crippen MR) is 122 cm³/mol. The van der Waals surface area contributed by atoms with Crippen LogP contribution in [0.1, 0.15) is 56.6 Å². The summed E-state index contributed by atoms with van der Waals surface area (Å²) in [5.41, 5.74) is 9.22. The van der Waals surface area contributed by atoms with Gasteiger partial charge in [0.2, 0.25) is 0 Å². The van der Waals surface area contributed by atoms with Crippen LogP contribution in [-0.2, 0) is 6.54 Å². The molecule has 2 aromatic carbocycles. The second-order valence-corrected chi connectivity index (χ2v) is 9.44. The fourth-order valence-corrected chi connectivity index (χ4v) is 5.22. The summed E-state index contributed by atoms with van der Waals surface area (Å²) >= 11 is 0. The van der Waals surface area contributed by atoms with Gasteiger partial charge in [-0.05, 0) is 55.9 Å². The highest BCUT2D eigenvalue weighted by Gasteiger charge is 2.46. The van der Waals surface area contributed by atoms with Crippen molar-refractivity contribution in [2.75, 3.05) is 20.2 Å². The molecule has 1 aliphatic carbocycles. The minimum atomic E-state index is 0.00793. The Balaban J connectivity index is 1.59. The topological polar surface area (TPSA) is 47.7 Å². The number of hydrogen-bond donors (Lipinski definition) is 1. The second kappa shape index (κ2) is 8.99. The number of nitrogens with zero attached hydrogens (tertiary/aromatic N) is 1. The summed E-state index contributed by atoms with van der Waals surface area (Å²) in [4.78, 5) is 2.55. The Morgan fingerprint density at radius 1 is 1.10 bits per heavy atom. The molecule has 2 aromatic rings. The fourth-order valence-electron chi connectivity index (χ4n) is 5.22. The SMILES string of the molecule is COc1ccc(C2CN(Cc3ccccc3)CC2(C)C(C)N)cc1OC1CCCC1. The van der Waals surface area contributed by atoms with Crippen LogP contribution in [0.4, 0.5) is 0 Å². The van der Waals surface area contributed by atoms with E-state index in [4.69, 9.17) is 15.2 Å². The molecule has 0 bridgehead atoms. The first kappa shape index (κ1) is 21.2. The van der Waals surface area contributed by atoms with Crippen molar-refractivity contribution in [1.82, 2.24) is 4.90 Å². The van der Waals surface area contributed by atoms with Crippen LogP contribution in [0, 0.1) is 5.41 Å². The van der Waals surface area contributed by atoms with Crippen molar-refractivity contribution in [1.29, 1.82) is 0 Å². The van der Waals surface area contributed by atoms with Crippen LogP contribution in [0.15, 0.2) is 48.5 Å². The predicted octanol–water partition coefficient (Wildman–Crippen LogP) is 4.97. The number of benzene rings is 2. The van der Waals surface area contributed by atoms with Gasteiger partial charge in [0.25, 0.3) is 0 Å². The molecule has 0 amide bonds. The monoisotopic (exact) mass is 408 g/mol. The summed E-state index contributed by atoms with van der Waals surface area (Å²) in [6.45, 7) is 7.45. The third-order valence-corrected chi connectivity index (χ3v) is 7.28. The number of methoxy groups -OCH3 is 1. The van der Waals surface area contributed by atoms with Gasteiger partial charge in [-0.15, -0.1) is 0 Å². The molecule has 4 nitrogen and oxygen atoms in total. The van der Waals surface area contributed by atoms with E-state index in [1.807, 2.05) is 0 Å². The van der Waals surface area contributed by atoms with Gasteiger partial charge >= 0.3 is 0 Å². The van der Waals surface area contributed by atoms with E-state index in [0.29, 0.717) is 12.0 Å². The standard InChI is InChI=1S/C26H36N2O2/c1-19(27)26(2)18-28(16-20-9-5-4-6-10-20)17-23(26)21-13-14-24(29-3)25(15-21)30-22-11-7-8-12-22/h4-6,9-10,13-15,19,22-23H,7-8,11-12,16-18,27H2,1-3H3. The van der Waals surface area contributed by atoms with E-state index in [1.54, 1.807) is 7.11 Å². The van der Waals surface area contributed by atoms with Crippen molar-refractivity contribution in [3.05, 3.63) is 59.7 Å². The van der Waals surface area contributed by atoms with Crippen LogP contribution in [-0.4, -0.2) is 37.2 Å². The maximum Gasteiger partial charge on any atom is 0.161 e. The highest BCUT2D eigenvalue weighted by atomic mass is 16.5. The summed E-state index contributed by atoms with van der Waals surface area (Å²) in [5.74, 6) is 2.07. The Morgan fingerprint density at radius 2 is 1.83 bits per heavy atom. The highest BCUT2D eigenvalue weighted by Crippen LogP contribution is 2.47. The molecule has 3 atom stereocenters. The van der Waals surface area contributed by atoms with Crippen molar-refractivity contribution in [2.24, 2.45) is 11.1 Å². The molecule has 1 saturated heterocycles. The lowest BCUT2D eigenvalue weighted by Crippen LogP contribution is -2.42. The largest absolute Gasteiger partial charge is 0.493 e. The molecule has 4 rings (SSSR count). The zero-order valence-electron chi connectivity index (χ0n) is 18.6. The molecule has 30 heavy (non-hydrogen) atoms. The van der Waals surface area contributed by atoms with Crippen molar-refractivity contribution >= 4 is 0 Å². The molecule has 0 radical (unpaired) electrons. The third-order valence-electron chi connectivity index (χ3n) is 7.28. The zero-order chi connectivity index (χ0) is 21.1. The van der Waals surface area contributed by atoms with Gasteiger partial charge in [-0.2, -0.15) is 0 Å². The maximum atomic E-state index is 6.56. The summed E-state index contributed by atoms with van der Waals surface area (Å²) in [5, 5.41) is 0. The summed E-state index contributed by atoms with van der Waals surface area (Å²) in [7, 11) is 1.72. The second-order valence-electron chi connectivity index (χ2n) is 9.44. The number of likely N-dealkylation sites (tertiary alicyclic amines) is 1. The van der Waals surface area contributed by atoms with Gasteiger partial charge in [0.15, 0.2) is 11.5 Å².